The fraction of sp³-hybridized carbons (Fsp3) is 0.143. The first-order chi connectivity index (χ1) is 8.40. The van der Waals surface area contributed by atoms with Crippen LogP contribution in [-0.2, 0) is 0 Å². The highest BCUT2D eigenvalue weighted by atomic mass is 127. The van der Waals surface area contributed by atoms with Crippen LogP contribution in [-0.4, -0.2) is 0 Å². The minimum atomic E-state index is 0.810. The molecule has 0 N–H and O–H groups in total. The Morgan fingerprint density at radius 1 is 0.833 bits per heavy atom. The van der Waals surface area contributed by atoms with E-state index in [1.165, 1.54) is 14.7 Å². The predicted octanol–water partition coefficient (Wildman–Crippen LogP) is 6.51. The lowest BCUT2D eigenvalue weighted by Gasteiger charge is -1.95. The number of hydrogen-bond donors (Lipinski definition) is 0. The highest BCUT2D eigenvalue weighted by Gasteiger charge is 1.93. The van der Waals surface area contributed by atoms with Gasteiger partial charge in [0.25, 0.3) is 0 Å². The van der Waals surface area contributed by atoms with Gasteiger partial charge in [-0.05, 0) is 94.4 Å². The molecule has 2 aromatic carbocycles. The Bertz CT molecular complexity index is 490. The average molecular weight is 505 g/mol. The van der Waals surface area contributed by atoms with E-state index in [9.17, 15) is 0 Å². The van der Waals surface area contributed by atoms with Gasteiger partial charge in [-0.1, -0.05) is 35.3 Å². The van der Waals surface area contributed by atoms with Gasteiger partial charge in [-0.2, -0.15) is 0 Å². The van der Waals surface area contributed by atoms with Crippen LogP contribution in [0.25, 0.3) is 0 Å². The van der Waals surface area contributed by atoms with Gasteiger partial charge in [0, 0.05) is 12.2 Å². The first-order valence-corrected chi connectivity index (χ1v) is 8.15. The van der Waals surface area contributed by atoms with Gasteiger partial charge >= 0.3 is 0 Å². The van der Waals surface area contributed by atoms with Crippen molar-refractivity contribution in [2.75, 3.05) is 0 Å². The van der Waals surface area contributed by atoms with Crippen LogP contribution in [0.5, 0.6) is 0 Å². The average Bonchev–Trinajstić information content (AvgIpc) is 2.30. The van der Waals surface area contributed by atoms with Gasteiger partial charge < -0.3 is 0 Å². The SMILES string of the molecule is Cc1ccc(Cl)c(I)c1.Cc1ccc(Cl)cc1I. The Labute approximate surface area is 145 Å². The van der Waals surface area contributed by atoms with Crippen LogP contribution >= 0.6 is 68.4 Å². The molecule has 2 aromatic rings. The first kappa shape index (κ1) is 16.5. The van der Waals surface area contributed by atoms with Gasteiger partial charge in [-0.15, -0.1) is 0 Å². The molecule has 0 aliphatic heterocycles. The number of halogens is 4. The van der Waals surface area contributed by atoms with E-state index in [-0.39, 0.29) is 0 Å². The van der Waals surface area contributed by atoms with Gasteiger partial charge in [0.05, 0.1) is 5.02 Å². The largest absolute Gasteiger partial charge is 0.0843 e. The molecule has 0 heterocycles. The normalized spacial score (nSPS) is 9.67. The molecule has 0 aliphatic carbocycles. The second-order valence-electron chi connectivity index (χ2n) is 3.81. The highest BCUT2D eigenvalue weighted by Crippen LogP contribution is 2.18. The topological polar surface area (TPSA) is 0 Å². The second kappa shape index (κ2) is 7.92. The molecule has 4 heteroatoms. The Morgan fingerprint density at radius 3 is 1.94 bits per heavy atom. The van der Waals surface area contributed by atoms with Crippen LogP contribution in [0.15, 0.2) is 36.4 Å². The Kier molecular flexibility index (Phi) is 7.28. The molecule has 96 valence electrons. The van der Waals surface area contributed by atoms with Crippen molar-refractivity contribution in [2.24, 2.45) is 0 Å². The molecular weight excluding hydrogens is 493 g/mol. The van der Waals surface area contributed by atoms with Crippen molar-refractivity contribution in [3.05, 3.63) is 64.7 Å². The molecule has 0 atom stereocenters. The van der Waals surface area contributed by atoms with Crippen LogP contribution in [0.3, 0.4) is 0 Å². The standard InChI is InChI=1S/2C7H6ClI/c1-5-2-3-6(8)4-7(5)9;1-5-2-3-6(8)7(9)4-5/h2*2-4H,1H3. The van der Waals surface area contributed by atoms with Crippen molar-refractivity contribution in [3.63, 3.8) is 0 Å². The highest BCUT2D eigenvalue weighted by molar-refractivity contribution is 14.1. The maximum Gasteiger partial charge on any atom is 0.0539 e. The quantitative estimate of drug-likeness (QED) is 0.359. The summed E-state index contributed by atoms with van der Waals surface area (Å²) in [4.78, 5) is 0. The third-order valence-corrected chi connectivity index (χ3v) is 5.15. The fourth-order valence-corrected chi connectivity index (χ4v) is 2.83. The molecule has 0 amide bonds. The lowest BCUT2D eigenvalue weighted by Crippen LogP contribution is -1.76. The van der Waals surface area contributed by atoms with E-state index < -0.39 is 0 Å². The minimum Gasteiger partial charge on any atom is -0.0843 e. The van der Waals surface area contributed by atoms with Crippen molar-refractivity contribution in [1.29, 1.82) is 0 Å². The lowest BCUT2D eigenvalue weighted by atomic mass is 10.2. The monoisotopic (exact) mass is 504 g/mol. The van der Waals surface area contributed by atoms with Crippen molar-refractivity contribution in [3.8, 4) is 0 Å². The van der Waals surface area contributed by atoms with Gasteiger partial charge in [-0.25, -0.2) is 0 Å². The van der Waals surface area contributed by atoms with E-state index >= 15 is 0 Å². The van der Waals surface area contributed by atoms with Gasteiger partial charge in [-0.3, -0.25) is 0 Å². The van der Waals surface area contributed by atoms with Crippen LogP contribution in [0.4, 0.5) is 0 Å². The summed E-state index contributed by atoms with van der Waals surface area (Å²) in [5, 5.41) is 1.64. The summed E-state index contributed by atoms with van der Waals surface area (Å²) < 4.78 is 2.34. The maximum atomic E-state index is 5.77. The molecule has 0 saturated heterocycles. The Hall–Kier alpha value is 0.480. The summed E-state index contributed by atoms with van der Waals surface area (Å²) >= 11 is 16.0. The van der Waals surface area contributed by atoms with E-state index in [2.05, 4.69) is 65.1 Å². The minimum absolute atomic E-state index is 0.810. The zero-order valence-corrected chi connectivity index (χ0v) is 15.8. The van der Waals surface area contributed by atoms with Crippen LogP contribution in [0.2, 0.25) is 10.0 Å². The summed E-state index contributed by atoms with van der Waals surface area (Å²) in [5.74, 6) is 0. The lowest BCUT2D eigenvalue weighted by molar-refractivity contribution is 1.43. The van der Waals surface area contributed by atoms with Gasteiger partial charge in [0.15, 0.2) is 0 Å². The van der Waals surface area contributed by atoms with E-state index in [4.69, 9.17) is 23.2 Å². The molecule has 18 heavy (non-hydrogen) atoms. The zero-order valence-electron chi connectivity index (χ0n) is 9.98. The molecule has 0 aromatic heterocycles. The van der Waals surface area contributed by atoms with E-state index in [1.807, 2.05) is 30.3 Å². The summed E-state index contributed by atoms with van der Waals surface area (Å²) in [6.45, 7) is 4.12. The van der Waals surface area contributed by atoms with E-state index in [0.29, 0.717) is 0 Å². The smallest absolute Gasteiger partial charge is 0.0539 e. The second-order valence-corrected chi connectivity index (χ2v) is 6.98. The molecule has 0 radical (unpaired) electrons. The number of rotatable bonds is 0. The molecule has 2 rings (SSSR count). The van der Waals surface area contributed by atoms with E-state index in [1.54, 1.807) is 0 Å². The molecular formula is C14H12Cl2I2. The molecule has 0 fully saturated rings. The maximum absolute atomic E-state index is 5.77. The molecule has 0 saturated carbocycles. The Morgan fingerprint density at radius 2 is 1.50 bits per heavy atom. The molecule has 0 unspecified atom stereocenters. The van der Waals surface area contributed by atoms with Crippen molar-refractivity contribution >= 4 is 68.4 Å². The van der Waals surface area contributed by atoms with Crippen molar-refractivity contribution in [2.45, 2.75) is 13.8 Å². The first-order valence-electron chi connectivity index (χ1n) is 5.23. The number of benzene rings is 2. The molecule has 0 nitrogen and oxygen atoms in total. The summed E-state index contributed by atoms with van der Waals surface area (Å²) in [6, 6.07) is 11.9. The Balaban J connectivity index is 0.000000180. The summed E-state index contributed by atoms with van der Waals surface area (Å²) in [7, 11) is 0. The van der Waals surface area contributed by atoms with Crippen molar-refractivity contribution in [1.82, 2.24) is 0 Å². The van der Waals surface area contributed by atoms with E-state index in [0.717, 1.165) is 13.6 Å². The van der Waals surface area contributed by atoms with Crippen LogP contribution in [0, 0.1) is 21.0 Å². The fourth-order valence-electron chi connectivity index (χ4n) is 1.17. The summed E-state index contributed by atoms with van der Waals surface area (Å²) in [5.41, 5.74) is 2.53. The van der Waals surface area contributed by atoms with Gasteiger partial charge in [0.1, 0.15) is 0 Å². The van der Waals surface area contributed by atoms with Crippen molar-refractivity contribution < 1.29 is 0 Å². The zero-order chi connectivity index (χ0) is 13.7. The summed E-state index contributed by atoms with van der Waals surface area (Å²) in [6.07, 6.45) is 0. The van der Waals surface area contributed by atoms with Crippen LogP contribution < -0.4 is 0 Å². The molecule has 0 aliphatic rings. The predicted molar refractivity (Wildman–Crippen MR) is 97.8 cm³/mol. The third-order valence-electron chi connectivity index (χ3n) is 2.21. The third kappa shape index (κ3) is 5.63. The number of hydrogen-bond acceptors (Lipinski definition) is 0. The molecule has 0 spiro atoms. The molecule has 0 bridgehead atoms. The number of aryl methyl sites for hydroxylation is 2. The van der Waals surface area contributed by atoms with Crippen LogP contribution in [0.1, 0.15) is 11.1 Å². The van der Waals surface area contributed by atoms with Gasteiger partial charge in [0.2, 0.25) is 0 Å².